The van der Waals surface area contributed by atoms with Crippen molar-refractivity contribution in [3.05, 3.63) is 69.9 Å². The van der Waals surface area contributed by atoms with Crippen molar-refractivity contribution in [1.29, 1.82) is 0 Å². The van der Waals surface area contributed by atoms with Gasteiger partial charge in [-0.05, 0) is 5.41 Å². The van der Waals surface area contributed by atoms with E-state index in [1.165, 1.54) is 27.1 Å². The largest absolute Gasteiger partial charge is 4.00 e. The molecule has 0 atom stereocenters. The smallest absolute Gasteiger partial charge is 1.00 e. The molecule has 0 amide bonds. The van der Waals surface area contributed by atoms with E-state index in [0.29, 0.717) is 0 Å². The molecule has 1 N–H and O–H groups in total. The Kier molecular flexibility index (Phi) is 11.7. The molecule has 0 saturated heterocycles. The molecule has 2 aromatic rings. The maximum absolute atomic E-state index is 3.36. The molecule has 1 aliphatic carbocycles. The standard InChI is InChI=1S/C12H11.C8H12N.2ClH.Ti/c1-9(2)12-7-10-5-3-4-6-11(10)8-12;1-8(2,3)7-4-5-9-6-7;;;/h3-7H,1-2H3;4-5,9H,1-3H3;2*1H;/q2*-1;;;+4/p-2. The second-order valence-corrected chi connectivity index (χ2v) is 6.54. The van der Waals surface area contributed by atoms with Gasteiger partial charge >= 0.3 is 21.7 Å². The first-order valence-electron chi connectivity index (χ1n) is 7.32. The van der Waals surface area contributed by atoms with Crippen LogP contribution in [0, 0.1) is 6.20 Å². The summed E-state index contributed by atoms with van der Waals surface area (Å²) >= 11 is 0. The Balaban J connectivity index is 0. The molecular formula is C20H23Cl2NTi. The van der Waals surface area contributed by atoms with Gasteiger partial charge in [0.05, 0.1) is 0 Å². The quantitative estimate of drug-likeness (QED) is 0.378. The van der Waals surface area contributed by atoms with Crippen LogP contribution >= 0.6 is 0 Å². The number of fused-ring (bicyclic) bond motifs is 1. The summed E-state index contributed by atoms with van der Waals surface area (Å²) in [4.78, 5) is 2.91. The molecule has 126 valence electrons. The Morgan fingerprint density at radius 3 is 2.04 bits per heavy atom. The fraction of sp³-hybridized carbons (Fsp3) is 0.300. The van der Waals surface area contributed by atoms with Crippen molar-refractivity contribution in [1.82, 2.24) is 4.98 Å². The van der Waals surface area contributed by atoms with Crippen molar-refractivity contribution >= 4 is 12.2 Å². The van der Waals surface area contributed by atoms with E-state index in [-0.39, 0.29) is 51.9 Å². The molecule has 1 heterocycles. The molecule has 0 aliphatic heterocycles. The number of hydrogen-bond acceptors (Lipinski definition) is 0. The summed E-state index contributed by atoms with van der Waals surface area (Å²) in [6, 6.07) is 10.4. The first kappa shape index (κ1) is 25.5. The SMILES string of the molecule is CC(C)(C)c1[c-][nH]cc1.CC(C)=C1[C-]=c2ccccc2=C1.[Cl-].[Cl-].[Ti+4]. The predicted octanol–water partition coefficient (Wildman–Crippen LogP) is -2.41. The number of H-pyrrole nitrogens is 1. The Labute approximate surface area is 173 Å². The number of allylic oxidation sites excluding steroid dienone is 2. The number of nitrogens with one attached hydrogen (secondary N) is 1. The van der Waals surface area contributed by atoms with Gasteiger partial charge in [0.2, 0.25) is 0 Å². The second kappa shape index (κ2) is 11.0. The summed E-state index contributed by atoms with van der Waals surface area (Å²) in [7, 11) is 0. The van der Waals surface area contributed by atoms with Crippen LogP contribution in [0.2, 0.25) is 0 Å². The summed E-state index contributed by atoms with van der Waals surface area (Å²) < 4.78 is 0. The van der Waals surface area contributed by atoms with E-state index in [0.717, 1.165) is 0 Å². The third kappa shape index (κ3) is 7.03. The maximum atomic E-state index is 3.36. The van der Waals surface area contributed by atoms with E-state index in [1.807, 2.05) is 12.3 Å². The molecule has 1 aliphatic rings. The van der Waals surface area contributed by atoms with Crippen LogP contribution in [-0.4, -0.2) is 4.98 Å². The zero-order chi connectivity index (χ0) is 15.5. The van der Waals surface area contributed by atoms with Gasteiger partial charge in [-0.1, -0.05) is 52.8 Å². The van der Waals surface area contributed by atoms with Gasteiger partial charge in [0.15, 0.2) is 0 Å². The van der Waals surface area contributed by atoms with Crippen LogP contribution in [-0.2, 0) is 27.1 Å². The number of halogens is 2. The van der Waals surface area contributed by atoms with Crippen molar-refractivity contribution in [2.45, 2.75) is 40.0 Å². The normalized spacial score (nSPS) is 11.1. The summed E-state index contributed by atoms with van der Waals surface area (Å²) in [5.41, 5.74) is 4.03. The fourth-order valence-electron chi connectivity index (χ4n) is 2.07. The number of hydrogen-bond donors (Lipinski definition) is 1. The van der Waals surface area contributed by atoms with Crippen molar-refractivity contribution in [3.63, 3.8) is 0 Å². The summed E-state index contributed by atoms with van der Waals surface area (Å²) in [6.45, 7) is 10.8. The Bertz CT molecular complexity index is 713. The van der Waals surface area contributed by atoms with Crippen molar-refractivity contribution in [2.24, 2.45) is 0 Å². The minimum absolute atomic E-state index is 0. The van der Waals surface area contributed by atoms with E-state index < -0.39 is 0 Å². The minimum atomic E-state index is 0. The Hall–Kier alpha value is -0.726. The molecular weight excluding hydrogens is 373 g/mol. The first-order chi connectivity index (χ1) is 9.88. The van der Waals surface area contributed by atoms with Crippen LogP contribution in [0.15, 0.2) is 47.7 Å². The second-order valence-electron chi connectivity index (χ2n) is 6.54. The number of rotatable bonds is 0. The molecule has 4 heteroatoms. The number of aromatic amines is 1. The molecule has 0 unspecified atom stereocenters. The molecule has 0 fully saturated rings. The van der Waals surface area contributed by atoms with E-state index in [4.69, 9.17) is 0 Å². The third-order valence-electron chi connectivity index (χ3n) is 3.42. The Morgan fingerprint density at radius 1 is 1.00 bits per heavy atom. The van der Waals surface area contributed by atoms with Crippen molar-refractivity contribution in [2.75, 3.05) is 0 Å². The van der Waals surface area contributed by atoms with Gasteiger partial charge in [0, 0.05) is 0 Å². The molecule has 1 nitrogen and oxygen atoms in total. The van der Waals surface area contributed by atoms with Crippen LogP contribution in [0.1, 0.15) is 40.2 Å². The van der Waals surface area contributed by atoms with Crippen molar-refractivity contribution < 1.29 is 46.5 Å². The molecule has 0 radical (unpaired) electrons. The van der Waals surface area contributed by atoms with Gasteiger partial charge in [0.25, 0.3) is 0 Å². The van der Waals surface area contributed by atoms with Gasteiger partial charge < -0.3 is 29.8 Å². The monoisotopic (exact) mass is 395 g/mol. The van der Waals surface area contributed by atoms with E-state index in [2.05, 4.69) is 82.2 Å². The Morgan fingerprint density at radius 2 is 1.62 bits per heavy atom. The van der Waals surface area contributed by atoms with Gasteiger partial charge in [-0.2, -0.15) is 12.3 Å². The van der Waals surface area contributed by atoms with Crippen LogP contribution in [0.3, 0.4) is 0 Å². The average Bonchev–Trinajstić information content (AvgIpc) is 3.08. The zero-order valence-corrected chi connectivity index (χ0v) is 17.9. The molecule has 1 aromatic carbocycles. The minimum Gasteiger partial charge on any atom is -1.00 e. The van der Waals surface area contributed by atoms with E-state index in [9.17, 15) is 0 Å². The topological polar surface area (TPSA) is 15.8 Å². The van der Waals surface area contributed by atoms with E-state index in [1.54, 1.807) is 0 Å². The van der Waals surface area contributed by atoms with Gasteiger partial charge in [-0.15, -0.1) is 51.6 Å². The number of benzene rings is 1. The van der Waals surface area contributed by atoms with Gasteiger partial charge in [0.1, 0.15) is 0 Å². The van der Waals surface area contributed by atoms with Crippen LogP contribution in [0.4, 0.5) is 0 Å². The van der Waals surface area contributed by atoms with Crippen LogP contribution in [0.5, 0.6) is 0 Å². The number of aromatic nitrogens is 1. The molecule has 0 spiro atoms. The average molecular weight is 396 g/mol. The zero-order valence-electron chi connectivity index (χ0n) is 14.8. The first-order valence-corrected chi connectivity index (χ1v) is 7.32. The predicted molar refractivity (Wildman–Crippen MR) is 90.3 cm³/mol. The summed E-state index contributed by atoms with van der Waals surface area (Å²) in [6.07, 6.45) is 10.5. The molecule has 0 bridgehead atoms. The van der Waals surface area contributed by atoms with Crippen LogP contribution in [0.25, 0.3) is 12.2 Å². The van der Waals surface area contributed by atoms with Gasteiger partial charge in [-0.25, -0.2) is 0 Å². The van der Waals surface area contributed by atoms with E-state index >= 15 is 0 Å². The fourth-order valence-corrected chi connectivity index (χ4v) is 2.07. The van der Waals surface area contributed by atoms with Crippen LogP contribution < -0.4 is 35.3 Å². The third-order valence-corrected chi connectivity index (χ3v) is 3.42. The molecule has 0 saturated carbocycles. The molecule has 3 rings (SSSR count). The molecule has 24 heavy (non-hydrogen) atoms. The molecule has 1 aromatic heterocycles. The van der Waals surface area contributed by atoms with Gasteiger partial charge in [-0.3, -0.25) is 0 Å². The summed E-state index contributed by atoms with van der Waals surface area (Å²) in [5, 5.41) is 2.50. The maximum Gasteiger partial charge on any atom is 4.00 e. The van der Waals surface area contributed by atoms with Crippen molar-refractivity contribution in [3.8, 4) is 0 Å². The summed E-state index contributed by atoms with van der Waals surface area (Å²) in [5.74, 6) is 0.